The lowest BCUT2D eigenvalue weighted by Crippen LogP contribution is -2.30. The molecule has 0 fully saturated rings. The highest BCUT2D eigenvalue weighted by Crippen LogP contribution is 2.29. The number of carbonyl (C=O) groups is 1. The third-order valence-corrected chi connectivity index (χ3v) is 5.11. The van der Waals surface area contributed by atoms with E-state index < -0.39 is 0 Å². The van der Waals surface area contributed by atoms with E-state index in [1.807, 2.05) is 24.4 Å². The van der Waals surface area contributed by atoms with Crippen molar-refractivity contribution in [1.29, 1.82) is 0 Å². The monoisotopic (exact) mass is 398 g/mol. The molecule has 0 unspecified atom stereocenters. The Hall–Kier alpha value is -2.97. The molecule has 8 heteroatoms. The van der Waals surface area contributed by atoms with E-state index in [0.717, 1.165) is 16.3 Å². The highest BCUT2D eigenvalue weighted by Gasteiger charge is 2.13. The fourth-order valence-corrected chi connectivity index (χ4v) is 3.45. The summed E-state index contributed by atoms with van der Waals surface area (Å²) in [4.78, 5) is 21.0. The second-order valence-corrected chi connectivity index (χ2v) is 6.92. The van der Waals surface area contributed by atoms with E-state index in [4.69, 9.17) is 9.47 Å². The van der Waals surface area contributed by atoms with E-state index in [0.29, 0.717) is 17.2 Å². The maximum atomic E-state index is 12.3. The van der Waals surface area contributed by atoms with Crippen molar-refractivity contribution in [3.63, 3.8) is 0 Å². The van der Waals surface area contributed by atoms with Gasteiger partial charge < -0.3 is 14.8 Å². The summed E-state index contributed by atoms with van der Waals surface area (Å²) in [6.45, 7) is 2.15. The van der Waals surface area contributed by atoms with Crippen LogP contribution in [0, 0.1) is 0 Å². The minimum atomic E-state index is -0.150. The van der Waals surface area contributed by atoms with Gasteiger partial charge in [-0.15, -0.1) is 11.3 Å². The molecule has 0 radical (unpaired) electrons. The molecule has 1 aromatic carbocycles. The summed E-state index contributed by atoms with van der Waals surface area (Å²) in [5, 5.41) is 8.95. The number of nitrogens with zero attached hydrogens (tertiary/aromatic N) is 2. The molecule has 2 heterocycles. The Bertz CT molecular complexity index is 930. The van der Waals surface area contributed by atoms with Gasteiger partial charge in [0.25, 0.3) is 0 Å². The lowest BCUT2D eigenvalue weighted by molar-refractivity contribution is -0.115. The van der Waals surface area contributed by atoms with E-state index in [1.165, 1.54) is 0 Å². The fourth-order valence-electron chi connectivity index (χ4n) is 2.59. The smallest absolute Gasteiger partial charge is 0.238 e. The first-order valence-electron chi connectivity index (χ1n) is 8.71. The molecule has 1 amide bonds. The Kier molecular flexibility index (Phi) is 6.57. The summed E-state index contributed by atoms with van der Waals surface area (Å²) in [6, 6.07) is 9.05. The molecule has 2 aromatic heterocycles. The normalized spacial score (nSPS) is 11.7. The first-order chi connectivity index (χ1) is 13.6. The van der Waals surface area contributed by atoms with E-state index >= 15 is 0 Å². The molecule has 0 aliphatic heterocycles. The summed E-state index contributed by atoms with van der Waals surface area (Å²) in [5.74, 6) is 1.02. The minimum Gasteiger partial charge on any atom is -0.493 e. The number of ether oxygens (including phenoxy) is 2. The van der Waals surface area contributed by atoms with Gasteiger partial charge in [0.1, 0.15) is 5.01 Å². The standard InChI is InChI=1S/C20H22N4O3S/c1-13(20-24-16(12-28-20)14-5-4-8-21-10-14)22-11-19(25)23-15-6-7-17(26-2)18(9-15)27-3/h4-10,12-13,22H,11H2,1-3H3,(H,23,25)/t13-/m1/s1. The molecular weight excluding hydrogens is 376 g/mol. The zero-order valence-corrected chi connectivity index (χ0v) is 16.7. The van der Waals surface area contributed by atoms with Crippen LogP contribution in [0.4, 0.5) is 5.69 Å². The maximum Gasteiger partial charge on any atom is 0.238 e. The molecule has 0 saturated carbocycles. The average Bonchev–Trinajstić information content (AvgIpc) is 3.23. The van der Waals surface area contributed by atoms with Gasteiger partial charge in [0.2, 0.25) is 5.91 Å². The lowest BCUT2D eigenvalue weighted by atomic mass is 10.2. The Morgan fingerprint density at radius 1 is 1.21 bits per heavy atom. The van der Waals surface area contributed by atoms with Crippen LogP contribution in [0.15, 0.2) is 48.1 Å². The van der Waals surface area contributed by atoms with E-state index in [1.54, 1.807) is 56.1 Å². The van der Waals surface area contributed by atoms with Crippen LogP contribution in [0.2, 0.25) is 0 Å². The van der Waals surface area contributed by atoms with Crippen LogP contribution >= 0.6 is 11.3 Å². The number of aromatic nitrogens is 2. The van der Waals surface area contributed by atoms with Gasteiger partial charge >= 0.3 is 0 Å². The van der Waals surface area contributed by atoms with Crippen molar-refractivity contribution in [3.05, 3.63) is 53.1 Å². The third kappa shape index (κ3) is 4.85. The number of hydrogen-bond acceptors (Lipinski definition) is 7. The number of nitrogens with one attached hydrogen (secondary N) is 2. The number of amides is 1. The molecule has 7 nitrogen and oxygen atoms in total. The van der Waals surface area contributed by atoms with E-state index in [9.17, 15) is 4.79 Å². The molecular formula is C20H22N4O3S. The number of carbonyl (C=O) groups excluding carboxylic acids is 1. The molecule has 1 atom stereocenters. The molecule has 146 valence electrons. The topological polar surface area (TPSA) is 85.4 Å². The zero-order chi connectivity index (χ0) is 19.9. The summed E-state index contributed by atoms with van der Waals surface area (Å²) in [6.07, 6.45) is 3.52. The first-order valence-corrected chi connectivity index (χ1v) is 9.59. The van der Waals surface area contributed by atoms with Gasteiger partial charge in [0.15, 0.2) is 11.5 Å². The van der Waals surface area contributed by atoms with Crippen LogP contribution in [-0.4, -0.2) is 36.6 Å². The van der Waals surface area contributed by atoms with Crippen molar-refractivity contribution in [2.24, 2.45) is 0 Å². The SMILES string of the molecule is COc1ccc(NC(=O)CN[C@H](C)c2nc(-c3cccnc3)cs2)cc1OC. The second kappa shape index (κ2) is 9.29. The number of rotatable bonds is 8. The largest absolute Gasteiger partial charge is 0.493 e. The van der Waals surface area contributed by atoms with Crippen molar-refractivity contribution in [1.82, 2.24) is 15.3 Å². The number of thiazole rings is 1. The van der Waals surface area contributed by atoms with Gasteiger partial charge in [-0.3, -0.25) is 15.1 Å². The van der Waals surface area contributed by atoms with Crippen LogP contribution in [0.25, 0.3) is 11.3 Å². The minimum absolute atomic E-state index is 0.0495. The van der Waals surface area contributed by atoms with Crippen molar-refractivity contribution < 1.29 is 14.3 Å². The van der Waals surface area contributed by atoms with Gasteiger partial charge in [-0.25, -0.2) is 4.98 Å². The number of pyridine rings is 1. The molecule has 3 rings (SSSR count). The fraction of sp³-hybridized carbons (Fsp3) is 0.250. The van der Waals surface area contributed by atoms with Gasteiger partial charge in [-0.05, 0) is 31.2 Å². The highest BCUT2D eigenvalue weighted by atomic mass is 32.1. The van der Waals surface area contributed by atoms with Crippen LogP contribution in [0.3, 0.4) is 0 Å². The molecule has 2 N–H and O–H groups in total. The van der Waals surface area contributed by atoms with Crippen LogP contribution in [-0.2, 0) is 4.79 Å². The molecule has 0 spiro atoms. The van der Waals surface area contributed by atoms with Crippen LogP contribution in [0.5, 0.6) is 11.5 Å². The van der Waals surface area contributed by atoms with Gasteiger partial charge in [-0.2, -0.15) is 0 Å². The average molecular weight is 398 g/mol. The molecule has 0 bridgehead atoms. The first kappa shape index (κ1) is 19.8. The van der Waals surface area contributed by atoms with Gasteiger partial charge in [0, 0.05) is 35.1 Å². The zero-order valence-electron chi connectivity index (χ0n) is 15.9. The second-order valence-electron chi connectivity index (χ2n) is 6.03. The van der Waals surface area contributed by atoms with Crippen LogP contribution < -0.4 is 20.1 Å². The molecule has 3 aromatic rings. The highest BCUT2D eigenvalue weighted by molar-refractivity contribution is 7.10. The number of methoxy groups -OCH3 is 2. The maximum absolute atomic E-state index is 12.3. The Labute approximate surface area is 167 Å². The molecule has 0 saturated heterocycles. The molecule has 28 heavy (non-hydrogen) atoms. The summed E-state index contributed by atoms with van der Waals surface area (Å²) < 4.78 is 10.4. The van der Waals surface area contributed by atoms with Crippen molar-refractivity contribution in [2.75, 3.05) is 26.1 Å². The number of benzene rings is 1. The van der Waals surface area contributed by atoms with E-state index in [2.05, 4.69) is 20.6 Å². The van der Waals surface area contributed by atoms with Gasteiger partial charge in [-0.1, -0.05) is 0 Å². The molecule has 0 aliphatic rings. The van der Waals surface area contributed by atoms with Gasteiger partial charge in [0.05, 0.1) is 32.5 Å². The predicted octanol–water partition coefficient (Wildman–Crippen LogP) is 3.51. The summed E-state index contributed by atoms with van der Waals surface area (Å²) in [7, 11) is 3.13. The number of hydrogen-bond donors (Lipinski definition) is 2. The quantitative estimate of drug-likeness (QED) is 0.604. The Morgan fingerprint density at radius 2 is 2.04 bits per heavy atom. The predicted molar refractivity (Wildman–Crippen MR) is 110 cm³/mol. The Morgan fingerprint density at radius 3 is 2.75 bits per heavy atom. The lowest BCUT2D eigenvalue weighted by Gasteiger charge is -2.13. The summed E-state index contributed by atoms with van der Waals surface area (Å²) >= 11 is 1.55. The van der Waals surface area contributed by atoms with Crippen molar-refractivity contribution >= 4 is 22.9 Å². The summed E-state index contributed by atoms with van der Waals surface area (Å²) in [5.41, 5.74) is 2.50. The van der Waals surface area contributed by atoms with Crippen LogP contribution in [0.1, 0.15) is 18.0 Å². The van der Waals surface area contributed by atoms with Crippen molar-refractivity contribution in [2.45, 2.75) is 13.0 Å². The third-order valence-electron chi connectivity index (χ3n) is 4.09. The van der Waals surface area contributed by atoms with E-state index in [-0.39, 0.29) is 18.5 Å². The molecule has 0 aliphatic carbocycles. The number of anilines is 1. The van der Waals surface area contributed by atoms with Crippen molar-refractivity contribution in [3.8, 4) is 22.8 Å². The Balaban J connectivity index is 1.55.